The molecule has 1 aliphatic carbocycles. The van der Waals surface area contributed by atoms with Crippen LogP contribution in [0.4, 0.5) is 0 Å². The van der Waals surface area contributed by atoms with E-state index in [2.05, 4.69) is 22.0 Å². The Bertz CT molecular complexity index is 1050. The van der Waals surface area contributed by atoms with Gasteiger partial charge in [0.1, 0.15) is 5.75 Å². The van der Waals surface area contributed by atoms with E-state index in [-0.39, 0.29) is 11.5 Å². The lowest BCUT2D eigenvalue weighted by Crippen LogP contribution is -2.41. The predicted molar refractivity (Wildman–Crippen MR) is 123 cm³/mol. The normalized spacial score (nSPS) is 14.5. The summed E-state index contributed by atoms with van der Waals surface area (Å²) in [5, 5.41) is 0.930. The highest BCUT2D eigenvalue weighted by Gasteiger charge is 2.25. The minimum atomic E-state index is -0.113. The number of benzene rings is 2. The van der Waals surface area contributed by atoms with E-state index >= 15 is 0 Å². The molecule has 1 saturated carbocycles. The quantitative estimate of drug-likeness (QED) is 0.521. The molecule has 2 aromatic carbocycles. The molecule has 0 unspecified atom stereocenters. The van der Waals surface area contributed by atoms with E-state index in [1.54, 1.807) is 6.07 Å². The lowest BCUT2D eigenvalue weighted by molar-refractivity contribution is -0.135. The van der Waals surface area contributed by atoms with Gasteiger partial charge in [-0.05, 0) is 49.1 Å². The second kappa shape index (κ2) is 10.3. The third-order valence-electron chi connectivity index (χ3n) is 6.03. The van der Waals surface area contributed by atoms with Crippen molar-refractivity contribution in [2.45, 2.75) is 57.5 Å². The van der Waals surface area contributed by atoms with E-state index in [4.69, 9.17) is 4.74 Å². The summed E-state index contributed by atoms with van der Waals surface area (Å²) in [4.78, 5) is 29.4. The number of rotatable bonds is 8. The average molecular weight is 419 g/mol. The van der Waals surface area contributed by atoms with Gasteiger partial charge in [-0.2, -0.15) is 0 Å². The first-order valence-electron chi connectivity index (χ1n) is 11.3. The van der Waals surface area contributed by atoms with Crippen LogP contribution in [-0.2, 0) is 11.3 Å². The summed E-state index contributed by atoms with van der Waals surface area (Å²) in [5.41, 5.74) is 1.86. The number of aromatic amines is 1. The molecule has 0 atom stereocenters. The van der Waals surface area contributed by atoms with E-state index in [9.17, 15) is 9.59 Å². The van der Waals surface area contributed by atoms with Crippen LogP contribution in [0.15, 0.2) is 65.5 Å². The van der Waals surface area contributed by atoms with Crippen LogP contribution in [0.25, 0.3) is 10.9 Å². The van der Waals surface area contributed by atoms with Crippen molar-refractivity contribution in [2.75, 3.05) is 6.61 Å². The molecule has 0 aliphatic heterocycles. The van der Waals surface area contributed by atoms with E-state index in [0.29, 0.717) is 32.0 Å². The molecular formula is C26H30N2O3. The molecule has 3 aromatic rings. The summed E-state index contributed by atoms with van der Waals surface area (Å²) in [7, 11) is 0. The van der Waals surface area contributed by atoms with Gasteiger partial charge in [-0.15, -0.1) is 0 Å². The maximum absolute atomic E-state index is 13.1. The number of hydrogen-bond donors (Lipinski definition) is 1. The Kier molecular flexibility index (Phi) is 7.03. The van der Waals surface area contributed by atoms with Crippen LogP contribution >= 0.6 is 0 Å². The molecule has 31 heavy (non-hydrogen) atoms. The number of hydrogen-bond acceptors (Lipinski definition) is 3. The molecule has 162 valence electrons. The maximum Gasteiger partial charge on any atom is 0.248 e. The second-order valence-electron chi connectivity index (χ2n) is 8.32. The van der Waals surface area contributed by atoms with Crippen LogP contribution in [-0.4, -0.2) is 28.4 Å². The molecule has 1 N–H and O–H groups in total. The summed E-state index contributed by atoms with van der Waals surface area (Å²) in [6, 6.07) is 19.5. The highest BCUT2D eigenvalue weighted by Crippen LogP contribution is 2.25. The van der Waals surface area contributed by atoms with E-state index in [0.717, 1.165) is 29.5 Å². The Hall–Kier alpha value is -3.08. The first-order chi connectivity index (χ1) is 15.2. The molecule has 0 saturated heterocycles. The van der Waals surface area contributed by atoms with Crippen LogP contribution in [0.2, 0.25) is 0 Å². The largest absolute Gasteiger partial charge is 0.494 e. The second-order valence-corrected chi connectivity index (χ2v) is 8.32. The highest BCUT2D eigenvalue weighted by atomic mass is 16.5. The lowest BCUT2D eigenvalue weighted by atomic mass is 9.93. The Morgan fingerprint density at radius 2 is 1.81 bits per heavy atom. The van der Waals surface area contributed by atoms with Crippen LogP contribution in [0.1, 0.15) is 50.5 Å². The van der Waals surface area contributed by atoms with Crippen molar-refractivity contribution in [3.8, 4) is 5.75 Å². The van der Waals surface area contributed by atoms with Gasteiger partial charge in [0.2, 0.25) is 11.5 Å². The van der Waals surface area contributed by atoms with Crippen molar-refractivity contribution in [2.24, 2.45) is 0 Å². The number of nitrogens with zero attached hydrogens (tertiary/aromatic N) is 1. The van der Waals surface area contributed by atoms with Crippen molar-refractivity contribution >= 4 is 16.8 Å². The van der Waals surface area contributed by atoms with Crippen LogP contribution in [0.5, 0.6) is 5.75 Å². The molecule has 0 spiro atoms. The summed E-state index contributed by atoms with van der Waals surface area (Å²) in [6.45, 7) is 1.18. The van der Waals surface area contributed by atoms with Crippen molar-refractivity contribution in [1.29, 1.82) is 0 Å². The smallest absolute Gasteiger partial charge is 0.248 e. The molecule has 0 radical (unpaired) electrons. The highest BCUT2D eigenvalue weighted by molar-refractivity contribution is 5.79. The van der Waals surface area contributed by atoms with E-state index < -0.39 is 0 Å². The van der Waals surface area contributed by atoms with Gasteiger partial charge >= 0.3 is 0 Å². The number of aromatic nitrogens is 1. The summed E-state index contributed by atoms with van der Waals surface area (Å²) < 4.78 is 5.88. The third kappa shape index (κ3) is 5.75. The number of pyridine rings is 1. The van der Waals surface area contributed by atoms with Gasteiger partial charge in [0.15, 0.2) is 0 Å². The fraction of sp³-hybridized carbons (Fsp3) is 0.385. The van der Waals surface area contributed by atoms with Crippen molar-refractivity contribution in [3.63, 3.8) is 0 Å². The summed E-state index contributed by atoms with van der Waals surface area (Å²) in [5.74, 6) is 0.968. The predicted octanol–water partition coefficient (Wildman–Crippen LogP) is 5.05. The number of H-pyrrole nitrogens is 1. The zero-order valence-corrected chi connectivity index (χ0v) is 17.9. The number of carbonyl (C=O) groups excluding carboxylic acids is 1. The van der Waals surface area contributed by atoms with Crippen molar-refractivity contribution < 1.29 is 9.53 Å². The summed E-state index contributed by atoms with van der Waals surface area (Å²) in [6.07, 6.45) is 7.07. The van der Waals surface area contributed by atoms with Crippen molar-refractivity contribution in [3.05, 3.63) is 76.6 Å². The zero-order chi connectivity index (χ0) is 21.5. The first kappa shape index (κ1) is 21.2. The zero-order valence-electron chi connectivity index (χ0n) is 17.9. The third-order valence-corrected chi connectivity index (χ3v) is 6.03. The van der Waals surface area contributed by atoms with Gasteiger partial charge in [-0.25, -0.2) is 0 Å². The van der Waals surface area contributed by atoms with Crippen LogP contribution in [0.3, 0.4) is 0 Å². The molecule has 1 heterocycles. The number of amides is 1. The first-order valence-corrected chi connectivity index (χ1v) is 11.3. The monoisotopic (exact) mass is 418 g/mol. The summed E-state index contributed by atoms with van der Waals surface area (Å²) >= 11 is 0. The van der Waals surface area contributed by atoms with Crippen LogP contribution in [0, 0.1) is 0 Å². The minimum absolute atomic E-state index is 0.113. The number of nitrogens with one attached hydrogen (secondary N) is 1. The Morgan fingerprint density at radius 1 is 1.00 bits per heavy atom. The molecule has 1 aromatic heterocycles. The fourth-order valence-electron chi connectivity index (χ4n) is 4.37. The van der Waals surface area contributed by atoms with E-state index in [1.807, 2.05) is 36.4 Å². The molecule has 0 bridgehead atoms. The SMILES string of the molecule is O=C(CCCOc1ccc2[nH]c(=O)ccc2c1)N(Cc1ccccc1)C1CCCCC1. The standard InChI is InChI=1S/C26H30N2O3/c29-25-16-13-21-18-23(14-15-24(21)27-25)31-17-7-12-26(30)28(22-10-5-2-6-11-22)19-20-8-3-1-4-9-20/h1,3-4,8-9,13-16,18,22H,2,5-7,10-12,17,19H2,(H,27,29). The number of ether oxygens (including phenoxy) is 1. The molecule has 5 heteroatoms. The van der Waals surface area contributed by atoms with Gasteiger partial charge in [0.05, 0.1) is 6.61 Å². The van der Waals surface area contributed by atoms with E-state index in [1.165, 1.54) is 30.9 Å². The Labute approximate surface area is 183 Å². The van der Waals surface area contributed by atoms with Gasteiger partial charge in [-0.1, -0.05) is 49.6 Å². The topological polar surface area (TPSA) is 62.4 Å². The molecule has 1 amide bonds. The number of carbonyl (C=O) groups is 1. The lowest BCUT2D eigenvalue weighted by Gasteiger charge is -2.34. The molecule has 1 fully saturated rings. The average Bonchev–Trinajstić information content (AvgIpc) is 2.81. The molecular weight excluding hydrogens is 388 g/mol. The minimum Gasteiger partial charge on any atom is -0.494 e. The van der Waals surface area contributed by atoms with Gasteiger partial charge < -0.3 is 14.6 Å². The molecule has 4 rings (SSSR count). The fourth-order valence-corrected chi connectivity index (χ4v) is 4.37. The molecule has 1 aliphatic rings. The van der Waals surface area contributed by atoms with Gasteiger partial charge in [0.25, 0.3) is 0 Å². The van der Waals surface area contributed by atoms with Gasteiger partial charge in [-0.3, -0.25) is 9.59 Å². The maximum atomic E-state index is 13.1. The Balaban J connectivity index is 1.32. The van der Waals surface area contributed by atoms with Gasteiger partial charge in [0, 0.05) is 36.0 Å². The van der Waals surface area contributed by atoms with Crippen LogP contribution < -0.4 is 10.3 Å². The Morgan fingerprint density at radius 3 is 2.61 bits per heavy atom. The van der Waals surface area contributed by atoms with Crippen molar-refractivity contribution in [1.82, 2.24) is 9.88 Å². The number of fused-ring (bicyclic) bond motifs is 1. The molecule has 5 nitrogen and oxygen atoms in total.